The molecule has 0 spiro atoms. The molecule has 0 radical (unpaired) electrons. The highest BCUT2D eigenvalue weighted by Crippen LogP contribution is 2.32. The van der Waals surface area contributed by atoms with Crippen molar-refractivity contribution in [1.29, 1.82) is 0 Å². The second-order valence-corrected chi connectivity index (χ2v) is 7.63. The maximum absolute atomic E-state index is 13.3. The van der Waals surface area contributed by atoms with Crippen molar-refractivity contribution in [2.45, 2.75) is 6.18 Å². The van der Waals surface area contributed by atoms with Crippen molar-refractivity contribution in [3.8, 4) is 5.69 Å². The molecule has 0 aliphatic rings. The lowest BCUT2D eigenvalue weighted by molar-refractivity contribution is -0.137. The Hall–Kier alpha value is -4.00. The number of hydrogen-bond acceptors (Lipinski definition) is 1. The van der Waals surface area contributed by atoms with Crippen molar-refractivity contribution >= 4 is 33.4 Å². The van der Waals surface area contributed by atoms with E-state index in [1.165, 1.54) is 6.07 Å². The van der Waals surface area contributed by atoms with Crippen LogP contribution < -0.4 is 5.32 Å². The van der Waals surface area contributed by atoms with E-state index in [9.17, 15) is 18.0 Å². The molecule has 0 fully saturated rings. The number of nitrogens with zero attached hydrogens (tertiary/aromatic N) is 2. The van der Waals surface area contributed by atoms with Crippen LogP contribution in [-0.2, 0) is 13.2 Å². The summed E-state index contributed by atoms with van der Waals surface area (Å²) in [5.74, 6) is -0.408. The molecule has 160 valence electrons. The number of halogens is 3. The fourth-order valence-corrected chi connectivity index (χ4v) is 3.98. The monoisotopic (exact) mass is 433 g/mol. The number of alkyl halides is 3. The molecule has 5 rings (SSSR count). The molecule has 4 nitrogen and oxygen atoms in total. The lowest BCUT2D eigenvalue weighted by Gasteiger charge is -2.14. The van der Waals surface area contributed by atoms with E-state index < -0.39 is 17.6 Å². The molecule has 7 heteroatoms. The van der Waals surface area contributed by atoms with Crippen LogP contribution in [0.1, 0.15) is 16.1 Å². The average molecular weight is 433 g/mol. The molecule has 0 saturated heterocycles. The number of amides is 1. The smallest absolute Gasteiger partial charge is 0.351 e. The fourth-order valence-electron chi connectivity index (χ4n) is 3.98. The van der Waals surface area contributed by atoms with E-state index in [4.69, 9.17) is 0 Å². The molecule has 5 aromatic rings. The highest BCUT2D eigenvalue weighted by atomic mass is 19.4. The first-order chi connectivity index (χ1) is 15.3. The average Bonchev–Trinajstić information content (AvgIpc) is 3.34. The van der Waals surface area contributed by atoms with E-state index in [-0.39, 0.29) is 11.4 Å². The molecule has 1 amide bonds. The summed E-state index contributed by atoms with van der Waals surface area (Å²) in [6.07, 6.45) is -2.55. The minimum atomic E-state index is -4.48. The number of aryl methyl sites for hydroxylation is 1. The largest absolute Gasteiger partial charge is 0.416 e. The number of aromatic nitrogens is 2. The second-order valence-electron chi connectivity index (χ2n) is 7.63. The van der Waals surface area contributed by atoms with Crippen LogP contribution in [0.2, 0.25) is 0 Å². The fraction of sp³-hybridized carbons (Fsp3) is 0.0800. The van der Waals surface area contributed by atoms with Gasteiger partial charge in [0.15, 0.2) is 0 Å². The van der Waals surface area contributed by atoms with Gasteiger partial charge in [-0.2, -0.15) is 13.2 Å². The zero-order valence-electron chi connectivity index (χ0n) is 17.0. The third-order valence-electron chi connectivity index (χ3n) is 5.52. The van der Waals surface area contributed by atoms with E-state index in [1.807, 2.05) is 48.1 Å². The minimum Gasteiger partial charge on any atom is -0.351 e. The number of para-hydroxylation sites is 1. The molecule has 0 saturated carbocycles. The summed E-state index contributed by atoms with van der Waals surface area (Å²) in [5, 5.41) is 4.62. The summed E-state index contributed by atoms with van der Waals surface area (Å²) < 4.78 is 43.5. The first-order valence-corrected chi connectivity index (χ1v) is 9.96. The van der Waals surface area contributed by atoms with E-state index in [0.29, 0.717) is 11.2 Å². The number of rotatable bonds is 3. The van der Waals surface area contributed by atoms with Gasteiger partial charge in [-0.1, -0.05) is 24.3 Å². The van der Waals surface area contributed by atoms with Crippen LogP contribution in [0.3, 0.4) is 0 Å². The van der Waals surface area contributed by atoms with Crippen LogP contribution in [0, 0.1) is 0 Å². The van der Waals surface area contributed by atoms with Gasteiger partial charge in [0.2, 0.25) is 0 Å². The van der Waals surface area contributed by atoms with Crippen molar-refractivity contribution in [3.05, 3.63) is 96.3 Å². The Labute approximate surface area is 181 Å². The zero-order valence-corrected chi connectivity index (χ0v) is 17.0. The lowest BCUT2D eigenvalue weighted by atomic mass is 10.2. The van der Waals surface area contributed by atoms with Gasteiger partial charge in [0, 0.05) is 40.9 Å². The van der Waals surface area contributed by atoms with Gasteiger partial charge < -0.3 is 14.5 Å². The van der Waals surface area contributed by atoms with E-state index in [1.54, 1.807) is 34.9 Å². The van der Waals surface area contributed by atoms with E-state index in [2.05, 4.69) is 5.32 Å². The SMILES string of the molecule is Cn1ccc2cc(NC(=O)c3cc4ccccc4n3-c3cccc(C(F)(F)F)c3)ccc21. The van der Waals surface area contributed by atoms with Crippen molar-refractivity contribution in [2.24, 2.45) is 7.05 Å². The van der Waals surface area contributed by atoms with Gasteiger partial charge >= 0.3 is 6.18 Å². The van der Waals surface area contributed by atoms with Crippen LogP contribution >= 0.6 is 0 Å². The molecule has 0 aliphatic heterocycles. The Morgan fingerprint density at radius 1 is 0.844 bits per heavy atom. The van der Waals surface area contributed by atoms with Gasteiger partial charge in [-0.3, -0.25) is 4.79 Å². The van der Waals surface area contributed by atoms with Crippen molar-refractivity contribution in [2.75, 3.05) is 5.32 Å². The Bertz CT molecular complexity index is 1480. The molecule has 0 aliphatic carbocycles. The molecule has 2 heterocycles. The van der Waals surface area contributed by atoms with Crippen molar-refractivity contribution < 1.29 is 18.0 Å². The summed E-state index contributed by atoms with van der Waals surface area (Å²) in [6, 6.07) is 21.4. The number of hydrogen-bond donors (Lipinski definition) is 1. The summed E-state index contributed by atoms with van der Waals surface area (Å²) in [6.45, 7) is 0. The van der Waals surface area contributed by atoms with Gasteiger partial charge in [-0.15, -0.1) is 0 Å². The number of carbonyl (C=O) groups excluding carboxylic acids is 1. The predicted octanol–water partition coefficient (Wildman–Crippen LogP) is 6.39. The molecule has 3 aromatic carbocycles. The number of anilines is 1. The summed E-state index contributed by atoms with van der Waals surface area (Å²) >= 11 is 0. The van der Waals surface area contributed by atoms with Gasteiger partial charge in [-0.25, -0.2) is 0 Å². The van der Waals surface area contributed by atoms with Gasteiger partial charge in [0.25, 0.3) is 5.91 Å². The molecule has 1 N–H and O–H groups in total. The molecular weight excluding hydrogens is 415 g/mol. The van der Waals surface area contributed by atoms with Crippen LogP contribution in [0.4, 0.5) is 18.9 Å². The topological polar surface area (TPSA) is 39.0 Å². The molecule has 32 heavy (non-hydrogen) atoms. The predicted molar refractivity (Wildman–Crippen MR) is 119 cm³/mol. The Balaban J connectivity index is 1.60. The number of benzene rings is 3. The molecule has 0 unspecified atom stereocenters. The molecule has 2 aromatic heterocycles. The summed E-state index contributed by atoms with van der Waals surface area (Å²) in [4.78, 5) is 13.2. The Kier molecular flexibility index (Phi) is 4.55. The van der Waals surface area contributed by atoms with Gasteiger partial charge in [0.05, 0.1) is 11.1 Å². The van der Waals surface area contributed by atoms with Crippen molar-refractivity contribution in [3.63, 3.8) is 0 Å². The molecule has 0 atom stereocenters. The quantitative estimate of drug-likeness (QED) is 0.352. The van der Waals surface area contributed by atoms with Crippen LogP contribution in [-0.4, -0.2) is 15.0 Å². The highest BCUT2D eigenvalue weighted by molar-refractivity contribution is 6.07. The number of fused-ring (bicyclic) bond motifs is 2. The maximum atomic E-state index is 13.3. The van der Waals surface area contributed by atoms with Crippen molar-refractivity contribution in [1.82, 2.24) is 9.13 Å². The van der Waals surface area contributed by atoms with Crippen LogP contribution in [0.15, 0.2) is 85.1 Å². The minimum absolute atomic E-state index is 0.249. The van der Waals surface area contributed by atoms with Crippen LogP contribution in [0.25, 0.3) is 27.5 Å². The standard InChI is InChI=1S/C25H18F3N3O/c1-30-12-11-17-13-19(9-10-21(17)30)29-24(32)23-14-16-5-2-3-8-22(16)31(23)20-7-4-6-18(15-20)25(26,27)28/h2-15H,1H3,(H,29,32). The normalized spacial score (nSPS) is 11.9. The Morgan fingerprint density at radius 2 is 1.62 bits per heavy atom. The number of nitrogens with one attached hydrogen (secondary N) is 1. The second kappa shape index (κ2) is 7.30. The zero-order chi connectivity index (χ0) is 22.5. The molecule has 0 bridgehead atoms. The summed E-state index contributed by atoms with van der Waals surface area (Å²) in [5.41, 5.74) is 2.03. The lowest BCUT2D eigenvalue weighted by Crippen LogP contribution is -2.16. The third kappa shape index (κ3) is 3.41. The maximum Gasteiger partial charge on any atom is 0.416 e. The summed E-state index contributed by atoms with van der Waals surface area (Å²) in [7, 11) is 1.94. The number of carbonyl (C=O) groups is 1. The van der Waals surface area contributed by atoms with Crippen LogP contribution in [0.5, 0.6) is 0 Å². The Morgan fingerprint density at radius 3 is 2.44 bits per heavy atom. The van der Waals surface area contributed by atoms with Gasteiger partial charge in [-0.05, 0) is 54.6 Å². The highest BCUT2D eigenvalue weighted by Gasteiger charge is 2.31. The van der Waals surface area contributed by atoms with Gasteiger partial charge in [0.1, 0.15) is 5.69 Å². The first kappa shape index (κ1) is 19.9. The molecular formula is C25H18F3N3O. The van der Waals surface area contributed by atoms with E-state index in [0.717, 1.165) is 28.4 Å². The third-order valence-corrected chi connectivity index (χ3v) is 5.52. The first-order valence-electron chi connectivity index (χ1n) is 9.96. The van der Waals surface area contributed by atoms with E-state index >= 15 is 0 Å².